The average Bonchev–Trinajstić information content (AvgIpc) is 3.33. The molecule has 0 bridgehead atoms. The molecule has 0 radical (unpaired) electrons. The molecule has 0 spiro atoms. The molecule has 2 aliphatic carbocycles. The van der Waals surface area contributed by atoms with Crippen LogP contribution in [-0.2, 0) is 0 Å². The number of amides is 1. The standard InChI is InChI=1S/C18H22F3NO2/c19-15-10-16(13(12-1-2-12)9-14(15)17(22)23)24-8-5-11-3-6-18(20,21)7-4-11/h9-12H,1-8H2,(H2,22,23). The summed E-state index contributed by atoms with van der Waals surface area (Å²) in [6.45, 7) is 0.366. The van der Waals surface area contributed by atoms with E-state index in [1.807, 2.05) is 0 Å². The Labute approximate surface area is 139 Å². The maximum absolute atomic E-state index is 14.0. The van der Waals surface area contributed by atoms with E-state index in [1.54, 1.807) is 0 Å². The molecule has 0 unspecified atom stereocenters. The molecule has 132 valence electrons. The zero-order valence-electron chi connectivity index (χ0n) is 13.5. The van der Waals surface area contributed by atoms with E-state index in [0.717, 1.165) is 18.4 Å². The topological polar surface area (TPSA) is 52.3 Å². The summed E-state index contributed by atoms with van der Waals surface area (Å²) in [6.07, 6.45) is 3.52. The van der Waals surface area contributed by atoms with Crippen molar-refractivity contribution < 1.29 is 22.7 Å². The number of primary amides is 1. The second-order valence-corrected chi connectivity index (χ2v) is 6.94. The predicted octanol–water partition coefficient (Wildman–Crippen LogP) is 4.40. The van der Waals surface area contributed by atoms with E-state index in [2.05, 4.69) is 0 Å². The summed E-state index contributed by atoms with van der Waals surface area (Å²) >= 11 is 0. The first-order chi connectivity index (χ1) is 11.4. The Kier molecular flexibility index (Phi) is 4.74. The quantitative estimate of drug-likeness (QED) is 0.834. The van der Waals surface area contributed by atoms with Gasteiger partial charge in [0.1, 0.15) is 11.6 Å². The molecule has 0 aliphatic heterocycles. The van der Waals surface area contributed by atoms with Crippen molar-refractivity contribution in [2.24, 2.45) is 11.7 Å². The van der Waals surface area contributed by atoms with E-state index in [1.165, 1.54) is 12.1 Å². The second-order valence-electron chi connectivity index (χ2n) is 6.94. The third-order valence-corrected chi connectivity index (χ3v) is 5.00. The summed E-state index contributed by atoms with van der Waals surface area (Å²) in [4.78, 5) is 11.3. The summed E-state index contributed by atoms with van der Waals surface area (Å²) < 4.78 is 46.0. The third-order valence-electron chi connectivity index (χ3n) is 5.00. The van der Waals surface area contributed by atoms with Gasteiger partial charge in [0.2, 0.25) is 5.92 Å². The number of nitrogens with two attached hydrogens (primary N) is 1. The third kappa shape index (κ3) is 4.02. The molecule has 1 amide bonds. The van der Waals surface area contributed by atoms with Gasteiger partial charge in [-0.2, -0.15) is 0 Å². The molecule has 2 aliphatic rings. The Hall–Kier alpha value is -1.72. The van der Waals surface area contributed by atoms with Gasteiger partial charge in [-0.1, -0.05) is 0 Å². The Morgan fingerprint density at radius 2 is 1.88 bits per heavy atom. The lowest BCUT2D eigenvalue weighted by molar-refractivity contribution is -0.0475. The van der Waals surface area contributed by atoms with E-state index >= 15 is 0 Å². The molecule has 3 nitrogen and oxygen atoms in total. The monoisotopic (exact) mass is 341 g/mol. The van der Waals surface area contributed by atoms with Gasteiger partial charge in [0.15, 0.2) is 0 Å². The summed E-state index contributed by atoms with van der Waals surface area (Å²) in [5, 5.41) is 0. The number of alkyl halides is 2. The highest BCUT2D eigenvalue weighted by atomic mass is 19.3. The highest BCUT2D eigenvalue weighted by Gasteiger charge is 2.35. The van der Waals surface area contributed by atoms with E-state index in [4.69, 9.17) is 10.5 Å². The summed E-state index contributed by atoms with van der Waals surface area (Å²) in [5.41, 5.74) is 5.90. The highest BCUT2D eigenvalue weighted by molar-refractivity contribution is 5.93. The van der Waals surface area contributed by atoms with Crippen LogP contribution < -0.4 is 10.5 Å². The molecule has 1 aromatic carbocycles. The van der Waals surface area contributed by atoms with Crippen LogP contribution in [0.15, 0.2) is 12.1 Å². The van der Waals surface area contributed by atoms with Crippen molar-refractivity contribution >= 4 is 5.91 Å². The molecule has 6 heteroatoms. The van der Waals surface area contributed by atoms with Crippen LogP contribution in [0.5, 0.6) is 5.75 Å². The van der Waals surface area contributed by atoms with Crippen molar-refractivity contribution in [1.82, 2.24) is 0 Å². The van der Waals surface area contributed by atoms with Gasteiger partial charge in [0.25, 0.3) is 5.91 Å². The number of rotatable bonds is 6. The van der Waals surface area contributed by atoms with Gasteiger partial charge >= 0.3 is 0 Å². The molecule has 2 fully saturated rings. The molecule has 0 atom stereocenters. The van der Waals surface area contributed by atoms with Crippen molar-refractivity contribution in [2.45, 2.75) is 56.8 Å². The van der Waals surface area contributed by atoms with Crippen LogP contribution in [0.25, 0.3) is 0 Å². The minimum absolute atomic E-state index is 0.0626. The van der Waals surface area contributed by atoms with Crippen molar-refractivity contribution in [3.63, 3.8) is 0 Å². The number of benzene rings is 1. The van der Waals surface area contributed by atoms with Crippen molar-refractivity contribution in [3.8, 4) is 5.75 Å². The first-order valence-electron chi connectivity index (χ1n) is 8.49. The second kappa shape index (κ2) is 6.65. The smallest absolute Gasteiger partial charge is 0.251 e. The van der Waals surface area contributed by atoms with E-state index in [0.29, 0.717) is 31.6 Å². The molecule has 0 saturated heterocycles. The normalized spacial score (nSPS) is 20.8. The van der Waals surface area contributed by atoms with Gasteiger partial charge in [0, 0.05) is 18.9 Å². The molecular weight excluding hydrogens is 319 g/mol. The molecule has 3 rings (SSSR count). The number of halogens is 3. The van der Waals surface area contributed by atoms with Gasteiger partial charge in [0.05, 0.1) is 12.2 Å². The van der Waals surface area contributed by atoms with Crippen LogP contribution in [-0.4, -0.2) is 18.4 Å². The number of hydrogen-bond acceptors (Lipinski definition) is 2. The van der Waals surface area contributed by atoms with Crippen LogP contribution in [0.1, 0.15) is 66.8 Å². The lowest BCUT2D eigenvalue weighted by atomic mass is 9.85. The fourth-order valence-electron chi connectivity index (χ4n) is 3.32. The van der Waals surface area contributed by atoms with Crippen LogP contribution in [0.3, 0.4) is 0 Å². The van der Waals surface area contributed by atoms with Crippen LogP contribution in [0.4, 0.5) is 13.2 Å². The first-order valence-corrected chi connectivity index (χ1v) is 8.49. The molecular formula is C18H22F3NO2. The molecule has 0 aromatic heterocycles. The SMILES string of the molecule is NC(=O)c1cc(C2CC2)c(OCCC2CCC(F)(F)CC2)cc1F. The van der Waals surface area contributed by atoms with Gasteiger partial charge in [-0.15, -0.1) is 0 Å². The Bertz CT molecular complexity index is 619. The van der Waals surface area contributed by atoms with Gasteiger partial charge in [-0.05, 0) is 55.6 Å². The zero-order chi connectivity index (χ0) is 17.3. The fraction of sp³-hybridized carbons (Fsp3) is 0.611. The lowest BCUT2D eigenvalue weighted by Gasteiger charge is -2.28. The van der Waals surface area contributed by atoms with Gasteiger partial charge in [-0.25, -0.2) is 13.2 Å². The zero-order valence-corrected chi connectivity index (χ0v) is 13.5. The Morgan fingerprint density at radius 3 is 2.46 bits per heavy atom. The van der Waals surface area contributed by atoms with Crippen molar-refractivity contribution in [1.29, 1.82) is 0 Å². The van der Waals surface area contributed by atoms with E-state index in [9.17, 15) is 18.0 Å². The van der Waals surface area contributed by atoms with Gasteiger partial charge < -0.3 is 10.5 Å². The minimum Gasteiger partial charge on any atom is -0.493 e. The number of carbonyl (C=O) groups excluding carboxylic acids is 1. The Morgan fingerprint density at radius 1 is 1.21 bits per heavy atom. The molecule has 2 N–H and O–H groups in total. The number of carbonyl (C=O) groups is 1. The van der Waals surface area contributed by atoms with E-state index < -0.39 is 17.6 Å². The largest absolute Gasteiger partial charge is 0.493 e. The molecule has 0 heterocycles. The average molecular weight is 341 g/mol. The van der Waals surface area contributed by atoms with Crippen molar-refractivity contribution in [3.05, 3.63) is 29.1 Å². The summed E-state index contributed by atoms with van der Waals surface area (Å²) in [5.74, 6) is -3.04. The van der Waals surface area contributed by atoms with Gasteiger partial charge in [-0.3, -0.25) is 4.79 Å². The molecule has 1 aromatic rings. The minimum atomic E-state index is -2.52. The molecule has 24 heavy (non-hydrogen) atoms. The number of ether oxygens (including phenoxy) is 1. The predicted molar refractivity (Wildman–Crippen MR) is 83.9 cm³/mol. The van der Waals surface area contributed by atoms with Crippen LogP contribution >= 0.6 is 0 Å². The Balaban J connectivity index is 1.61. The fourth-order valence-corrected chi connectivity index (χ4v) is 3.32. The number of hydrogen-bond donors (Lipinski definition) is 1. The summed E-state index contributed by atoms with van der Waals surface area (Å²) in [7, 11) is 0. The first kappa shape index (κ1) is 17.1. The molecule has 2 saturated carbocycles. The summed E-state index contributed by atoms with van der Waals surface area (Å²) in [6, 6.07) is 2.72. The maximum Gasteiger partial charge on any atom is 0.251 e. The lowest BCUT2D eigenvalue weighted by Crippen LogP contribution is -2.25. The van der Waals surface area contributed by atoms with Crippen molar-refractivity contribution in [2.75, 3.05) is 6.61 Å². The highest BCUT2D eigenvalue weighted by Crippen LogP contribution is 2.45. The van der Waals surface area contributed by atoms with E-state index in [-0.39, 0.29) is 30.2 Å². The van der Waals surface area contributed by atoms with Crippen LogP contribution in [0, 0.1) is 11.7 Å². The maximum atomic E-state index is 14.0. The van der Waals surface area contributed by atoms with Crippen LogP contribution in [0.2, 0.25) is 0 Å².